The van der Waals surface area contributed by atoms with Crippen molar-refractivity contribution in [3.8, 4) is 5.75 Å². The normalized spacial score (nSPS) is 25.4. The van der Waals surface area contributed by atoms with Crippen LogP contribution in [0.3, 0.4) is 0 Å². The zero-order valence-corrected chi connectivity index (χ0v) is 13.2. The van der Waals surface area contributed by atoms with Crippen LogP contribution >= 0.6 is 0 Å². The third kappa shape index (κ3) is 3.69. The van der Waals surface area contributed by atoms with Crippen LogP contribution < -0.4 is 0 Å². The summed E-state index contributed by atoms with van der Waals surface area (Å²) in [6.45, 7) is 3.14. The van der Waals surface area contributed by atoms with Crippen LogP contribution in [0.15, 0.2) is 23.2 Å². The minimum atomic E-state index is -0.460. The minimum Gasteiger partial charge on any atom is -0.507 e. The minimum absolute atomic E-state index is 0.0274. The lowest BCUT2D eigenvalue weighted by molar-refractivity contribution is -0.384. The molecule has 0 amide bonds. The molecule has 0 saturated carbocycles. The van der Waals surface area contributed by atoms with Crippen LogP contribution in [-0.4, -0.2) is 46.8 Å². The van der Waals surface area contributed by atoms with Gasteiger partial charge in [0.2, 0.25) is 0 Å². The Morgan fingerprint density at radius 2 is 2.13 bits per heavy atom. The van der Waals surface area contributed by atoms with E-state index >= 15 is 0 Å². The van der Waals surface area contributed by atoms with Crippen molar-refractivity contribution in [2.45, 2.75) is 38.1 Å². The molecule has 0 aliphatic carbocycles. The standard InChI is InChI=1S/C17H23N3O3/c21-17-7-6-15(20(22)23)10-14(17)12-18-11-13-4-3-9-19-8-2-1-5-16(13)19/h6-7,10,12-13,16,21H,1-5,8-9,11H2. The van der Waals surface area contributed by atoms with Gasteiger partial charge in [-0.15, -0.1) is 0 Å². The molecule has 3 rings (SSSR count). The first kappa shape index (κ1) is 15.9. The van der Waals surface area contributed by atoms with Crippen molar-refractivity contribution in [3.63, 3.8) is 0 Å². The lowest BCUT2D eigenvalue weighted by atomic mass is 9.83. The number of fused-ring (bicyclic) bond motifs is 1. The van der Waals surface area contributed by atoms with Crippen LogP contribution in [0, 0.1) is 16.0 Å². The average molecular weight is 317 g/mol. The first-order valence-corrected chi connectivity index (χ1v) is 8.36. The smallest absolute Gasteiger partial charge is 0.270 e. The molecular formula is C17H23N3O3. The van der Waals surface area contributed by atoms with E-state index in [0.717, 1.165) is 6.54 Å². The van der Waals surface area contributed by atoms with Gasteiger partial charge in [0, 0.05) is 36.5 Å². The second kappa shape index (κ2) is 7.08. The van der Waals surface area contributed by atoms with Crippen LogP contribution in [0.1, 0.15) is 37.7 Å². The maximum absolute atomic E-state index is 10.8. The number of hydrogen-bond acceptors (Lipinski definition) is 5. The molecule has 0 radical (unpaired) electrons. The van der Waals surface area contributed by atoms with Crippen LogP contribution in [0.5, 0.6) is 5.75 Å². The van der Waals surface area contributed by atoms with Gasteiger partial charge in [0.15, 0.2) is 0 Å². The second-order valence-electron chi connectivity index (χ2n) is 6.50. The van der Waals surface area contributed by atoms with Gasteiger partial charge < -0.3 is 10.0 Å². The highest BCUT2D eigenvalue weighted by Crippen LogP contribution is 2.31. The van der Waals surface area contributed by atoms with E-state index in [0.29, 0.717) is 17.5 Å². The maximum Gasteiger partial charge on any atom is 0.270 e. The van der Waals surface area contributed by atoms with Gasteiger partial charge in [0.1, 0.15) is 5.75 Å². The van der Waals surface area contributed by atoms with E-state index in [2.05, 4.69) is 9.89 Å². The predicted molar refractivity (Wildman–Crippen MR) is 89.2 cm³/mol. The van der Waals surface area contributed by atoms with Crippen molar-refractivity contribution in [1.82, 2.24) is 4.90 Å². The van der Waals surface area contributed by atoms with E-state index in [1.165, 1.54) is 63.4 Å². The molecule has 2 saturated heterocycles. The Hall–Kier alpha value is -1.95. The Balaban J connectivity index is 1.66. The number of phenolic OH excluding ortho intramolecular Hbond substituents is 1. The Bertz CT molecular complexity index is 601. The van der Waals surface area contributed by atoms with E-state index < -0.39 is 4.92 Å². The fourth-order valence-electron chi connectivity index (χ4n) is 3.84. The summed E-state index contributed by atoms with van der Waals surface area (Å²) in [5.74, 6) is 0.587. The molecule has 0 bridgehead atoms. The Labute approximate surface area is 136 Å². The number of aliphatic imine (C=N–C) groups is 1. The van der Waals surface area contributed by atoms with Gasteiger partial charge >= 0.3 is 0 Å². The number of piperidine rings is 2. The Morgan fingerprint density at radius 3 is 2.96 bits per heavy atom. The van der Waals surface area contributed by atoms with Gasteiger partial charge in [-0.25, -0.2) is 0 Å². The van der Waals surface area contributed by atoms with Crippen LogP contribution in [0.25, 0.3) is 0 Å². The summed E-state index contributed by atoms with van der Waals surface area (Å²) in [6.07, 6.45) is 7.84. The van der Waals surface area contributed by atoms with Crippen molar-refractivity contribution in [3.05, 3.63) is 33.9 Å². The molecule has 23 heavy (non-hydrogen) atoms. The van der Waals surface area contributed by atoms with Crippen LogP contribution in [0.4, 0.5) is 5.69 Å². The van der Waals surface area contributed by atoms with Gasteiger partial charge in [-0.1, -0.05) is 6.42 Å². The highest BCUT2D eigenvalue weighted by Gasteiger charge is 2.32. The maximum atomic E-state index is 10.8. The molecule has 6 heteroatoms. The van der Waals surface area contributed by atoms with E-state index in [1.807, 2.05) is 0 Å². The van der Waals surface area contributed by atoms with Crippen LogP contribution in [0.2, 0.25) is 0 Å². The molecule has 2 fully saturated rings. The lowest BCUT2D eigenvalue weighted by Gasteiger charge is -2.43. The molecule has 1 aromatic rings. The predicted octanol–water partition coefficient (Wildman–Crippen LogP) is 2.98. The summed E-state index contributed by atoms with van der Waals surface area (Å²) in [7, 11) is 0. The summed E-state index contributed by atoms with van der Waals surface area (Å²) in [6, 6.07) is 4.65. The molecule has 2 atom stereocenters. The summed E-state index contributed by atoms with van der Waals surface area (Å²) < 4.78 is 0. The van der Waals surface area contributed by atoms with Crippen molar-refractivity contribution in [2.75, 3.05) is 19.6 Å². The molecule has 6 nitrogen and oxygen atoms in total. The van der Waals surface area contributed by atoms with Gasteiger partial charge in [-0.2, -0.15) is 0 Å². The van der Waals surface area contributed by atoms with E-state index in [-0.39, 0.29) is 11.4 Å². The number of rotatable bonds is 4. The third-order valence-corrected chi connectivity index (χ3v) is 5.02. The summed E-state index contributed by atoms with van der Waals surface area (Å²) in [4.78, 5) is 17.4. The quantitative estimate of drug-likeness (QED) is 0.526. The largest absolute Gasteiger partial charge is 0.507 e. The molecule has 124 valence electrons. The Kier molecular flexibility index (Phi) is 4.91. The number of nitro groups is 1. The van der Waals surface area contributed by atoms with Crippen molar-refractivity contribution < 1.29 is 10.0 Å². The number of aromatic hydroxyl groups is 1. The molecule has 1 aromatic carbocycles. The molecule has 2 unspecified atom stereocenters. The number of hydrogen-bond donors (Lipinski definition) is 1. The van der Waals surface area contributed by atoms with Crippen molar-refractivity contribution in [1.29, 1.82) is 0 Å². The number of phenols is 1. The molecule has 0 spiro atoms. The SMILES string of the molecule is O=[N+]([O-])c1ccc(O)c(C=NCC2CCCN3CCCCC23)c1. The molecule has 2 aliphatic rings. The molecule has 1 N–H and O–H groups in total. The number of non-ortho nitro benzene ring substituents is 1. The van der Waals surface area contributed by atoms with Crippen molar-refractivity contribution >= 4 is 11.9 Å². The molecule has 2 aliphatic heterocycles. The van der Waals surface area contributed by atoms with E-state index in [4.69, 9.17) is 0 Å². The van der Waals surface area contributed by atoms with Gasteiger partial charge in [0.25, 0.3) is 5.69 Å². The van der Waals surface area contributed by atoms with Crippen molar-refractivity contribution in [2.24, 2.45) is 10.9 Å². The average Bonchev–Trinajstić information content (AvgIpc) is 2.56. The van der Waals surface area contributed by atoms with Crippen LogP contribution in [-0.2, 0) is 0 Å². The summed E-state index contributed by atoms with van der Waals surface area (Å²) >= 11 is 0. The Morgan fingerprint density at radius 1 is 1.30 bits per heavy atom. The summed E-state index contributed by atoms with van der Waals surface area (Å²) in [5, 5.41) is 20.6. The highest BCUT2D eigenvalue weighted by atomic mass is 16.6. The number of benzene rings is 1. The second-order valence-corrected chi connectivity index (χ2v) is 6.50. The number of nitro benzene ring substituents is 1. The monoisotopic (exact) mass is 317 g/mol. The highest BCUT2D eigenvalue weighted by molar-refractivity contribution is 5.84. The van der Waals surface area contributed by atoms with E-state index in [9.17, 15) is 15.2 Å². The third-order valence-electron chi connectivity index (χ3n) is 5.02. The van der Waals surface area contributed by atoms with Gasteiger partial charge in [-0.05, 0) is 50.8 Å². The molecular weight excluding hydrogens is 294 g/mol. The summed E-state index contributed by atoms with van der Waals surface area (Å²) in [5.41, 5.74) is 0.385. The van der Waals surface area contributed by atoms with Gasteiger partial charge in [0.05, 0.1) is 4.92 Å². The lowest BCUT2D eigenvalue weighted by Crippen LogP contribution is -2.48. The van der Waals surface area contributed by atoms with E-state index in [1.54, 1.807) is 6.21 Å². The first-order chi connectivity index (χ1) is 11.1. The zero-order chi connectivity index (χ0) is 16.2. The molecule has 2 heterocycles. The number of nitrogens with zero attached hydrogens (tertiary/aromatic N) is 3. The fraction of sp³-hybridized carbons (Fsp3) is 0.588. The topological polar surface area (TPSA) is 79.0 Å². The fourth-order valence-corrected chi connectivity index (χ4v) is 3.84. The first-order valence-electron chi connectivity index (χ1n) is 8.36. The van der Waals surface area contributed by atoms with Gasteiger partial charge in [-0.3, -0.25) is 15.1 Å². The zero-order valence-electron chi connectivity index (χ0n) is 13.2. The molecule has 0 aromatic heterocycles.